The van der Waals surface area contributed by atoms with Gasteiger partial charge in [0, 0.05) is 22.0 Å². The number of carbonyl (C=O) groups is 1. The van der Waals surface area contributed by atoms with E-state index in [2.05, 4.69) is 10.0 Å². The lowest BCUT2D eigenvalue weighted by atomic mass is 10.2. The van der Waals surface area contributed by atoms with E-state index < -0.39 is 10.0 Å². The Balaban J connectivity index is 1.33. The molecule has 0 radical (unpaired) electrons. The maximum Gasteiger partial charge on any atom is 0.331 e. The van der Waals surface area contributed by atoms with Crippen molar-refractivity contribution >= 4 is 44.9 Å². The zero-order valence-corrected chi connectivity index (χ0v) is 19.6. The Morgan fingerprint density at radius 2 is 1.29 bits per heavy atom. The molecule has 0 unspecified atom stereocenters. The first-order valence-corrected chi connectivity index (χ1v) is 12.9. The predicted octanol–water partition coefficient (Wildman–Crippen LogP) is 6.00. The van der Waals surface area contributed by atoms with Crippen LogP contribution in [0.15, 0.2) is 118 Å². The number of nitrogens with zero attached hydrogens (tertiary/aromatic N) is 1. The van der Waals surface area contributed by atoms with E-state index in [-0.39, 0.29) is 17.5 Å². The average Bonchev–Trinajstić information content (AvgIpc) is 2.87. The van der Waals surface area contributed by atoms with E-state index in [1.807, 2.05) is 78.9 Å². The van der Waals surface area contributed by atoms with Crippen LogP contribution in [0.25, 0.3) is 0 Å². The smallest absolute Gasteiger partial charge is 0.307 e. The predicted molar refractivity (Wildman–Crippen MR) is 135 cm³/mol. The third-order valence-electron chi connectivity index (χ3n) is 5.36. The third-order valence-corrected chi connectivity index (χ3v) is 7.91. The van der Waals surface area contributed by atoms with Gasteiger partial charge in [-0.1, -0.05) is 66.4 Å². The summed E-state index contributed by atoms with van der Waals surface area (Å²) in [7, 11) is -3.68. The fourth-order valence-corrected chi connectivity index (χ4v) is 5.75. The molecule has 34 heavy (non-hydrogen) atoms. The number of hydrogen-bond donors (Lipinski definition) is 2. The van der Waals surface area contributed by atoms with Crippen LogP contribution in [0, 0.1) is 0 Å². The molecule has 0 bridgehead atoms. The molecule has 0 aromatic heterocycles. The van der Waals surface area contributed by atoms with Crippen LogP contribution in [0.5, 0.6) is 0 Å². The Hall–Kier alpha value is -3.59. The lowest BCUT2D eigenvalue weighted by Gasteiger charge is -2.31. The monoisotopic (exact) mass is 487 g/mol. The number of hydrogen-bond acceptors (Lipinski definition) is 4. The van der Waals surface area contributed by atoms with Crippen molar-refractivity contribution in [1.29, 1.82) is 0 Å². The molecule has 2 amide bonds. The Kier molecular flexibility index (Phi) is 6.10. The summed E-state index contributed by atoms with van der Waals surface area (Å²) in [5.74, 6) is 0. The van der Waals surface area contributed by atoms with E-state index >= 15 is 0 Å². The maximum absolute atomic E-state index is 13.3. The van der Waals surface area contributed by atoms with Crippen LogP contribution in [0.2, 0.25) is 0 Å². The van der Waals surface area contributed by atoms with Crippen molar-refractivity contribution in [2.75, 3.05) is 10.2 Å². The van der Waals surface area contributed by atoms with E-state index in [1.54, 1.807) is 28.8 Å². The SMILES string of the molecule is O=C(Nc1ccc(S(=O)(=O)NCc2ccccc2)cc1)N1c2ccccc2Sc2ccccc21. The fraction of sp³-hybridized carbons (Fsp3) is 0.0385. The molecule has 0 aliphatic carbocycles. The number of urea groups is 1. The molecule has 1 aliphatic heterocycles. The van der Waals surface area contributed by atoms with E-state index in [0.29, 0.717) is 5.69 Å². The van der Waals surface area contributed by atoms with Gasteiger partial charge in [0.05, 0.1) is 16.3 Å². The Labute approximate surface area is 202 Å². The number of sulfonamides is 1. The van der Waals surface area contributed by atoms with Crippen LogP contribution in [-0.2, 0) is 16.6 Å². The summed E-state index contributed by atoms with van der Waals surface area (Å²) in [6, 6.07) is 30.6. The molecule has 4 aromatic rings. The van der Waals surface area contributed by atoms with Gasteiger partial charge in [-0.05, 0) is 54.1 Å². The van der Waals surface area contributed by atoms with Crippen molar-refractivity contribution in [3.8, 4) is 0 Å². The zero-order valence-electron chi connectivity index (χ0n) is 18.0. The summed E-state index contributed by atoms with van der Waals surface area (Å²) >= 11 is 1.62. The van der Waals surface area contributed by atoms with Crippen LogP contribution in [0.4, 0.5) is 21.9 Å². The summed E-state index contributed by atoms with van der Waals surface area (Å²) in [6.45, 7) is 0.202. The van der Waals surface area contributed by atoms with Crippen LogP contribution < -0.4 is 14.9 Å². The van der Waals surface area contributed by atoms with Crippen LogP contribution in [0.3, 0.4) is 0 Å². The number of rotatable bonds is 5. The second-order valence-electron chi connectivity index (χ2n) is 7.64. The van der Waals surface area contributed by atoms with Crippen molar-refractivity contribution < 1.29 is 13.2 Å². The number of carbonyl (C=O) groups excluding carboxylic acids is 1. The zero-order chi connectivity index (χ0) is 23.5. The lowest BCUT2D eigenvalue weighted by Crippen LogP contribution is -2.32. The summed E-state index contributed by atoms with van der Waals surface area (Å²) in [6.07, 6.45) is 0. The van der Waals surface area contributed by atoms with Gasteiger partial charge in [0.1, 0.15) is 0 Å². The number of fused-ring (bicyclic) bond motifs is 2. The minimum absolute atomic E-state index is 0.131. The molecule has 2 N–H and O–H groups in total. The quantitative estimate of drug-likeness (QED) is 0.362. The molecular weight excluding hydrogens is 466 g/mol. The Morgan fingerprint density at radius 3 is 1.91 bits per heavy atom. The summed E-state index contributed by atoms with van der Waals surface area (Å²) in [5, 5.41) is 2.89. The molecule has 8 heteroatoms. The van der Waals surface area contributed by atoms with E-state index in [9.17, 15) is 13.2 Å². The highest BCUT2D eigenvalue weighted by Crippen LogP contribution is 2.48. The summed E-state index contributed by atoms with van der Waals surface area (Å²) < 4.78 is 27.9. The van der Waals surface area contributed by atoms with Gasteiger partial charge < -0.3 is 5.32 Å². The van der Waals surface area contributed by atoms with Crippen molar-refractivity contribution in [1.82, 2.24) is 4.72 Å². The van der Waals surface area contributed by atoms with Gasteiger partial charge >= 0.3 is 6.03 Å². The molecule has 4 aromatic carbocycles. The van der Waals surface area contributed by atoms with Gasteiger partial charge in [-0.3, -0.25) is 4.90 Å². The van der Waals surface area contributed by atoms with Gasteiger partial charge in [0.25, 0.3) is 0 Å². The Morgan fingerprint density at radius 1 is 0.735 bits per heavy atom. The number of benzene rings is 4. The number of para-hydroxylation sites is 2. The largest absolute Gasteiger partial charge is 0.331 e. The molecule has 0 spiro atoms. The molecule has 0 saturated heterocycles. The summed E-state index contributed by atoms with van der Waals surface area (Å²) in [5.41, 5.74) is 2.97. The maximum atomic E-state index is 13.3. The van der Waals surface area contributed by atoms with Crippen LogP contribution in [-0.4, -0.2) is 14.4 Å². The van der Waals surface area contributed by atoms with Crippen molar-refractivity contribution in [3.63, 3.8) is 0 Å². The van der Waals surface area contributed by atoms with E-state index in [4.69, 9.17) is 0 Å². The van der Waals surface area contributed by atoms with Crippen molar-refractivity contribution in [2.45, 2.75) is 21.2 Å². The first-order chi connectivity index (χ1) is 16.5. The normalized spacial score (nSPS) is 12.5. The molecule has 0 saturated carbocycles. The van der Waals surface area contributed by atoms with E-state index in [0.717, 1.165) is 26.7 Å². The molecule has 1 aliphatic rings. The van der Waals surface area contributed by atoms with Crippen molar-refractivity contribution in [3.05, 3.63) is 109 Å². The summed E-state index contributed by atoms with van der Waals surface area (Å²) in [4.78, 5) is 17.1. The molecule has 170 valence electrons. The molecular formula is C26H21N3O3S2. The van der Waals surface area contributed by atoms with Gasteiger partial charge in [-0.15, -0.1) is 0 Å². The van der Waals surface area contributed by atoms with Gasteiger partial charge in [0.2, 0.25) is 10.0 Å². The third kappa shape index (κ3) is 4.56. The van der Waals surface area contributed by atoms with Gasteiger partial charge in [-0.25, -0.2) is 17.9 Å². The first kappa shape index (κ1) is 22.2. The van der Waals surface area contributed by atoms with Gasteiger partial charge in [-0.2, -0.15) is 0 Å². The Bertz CT molecular complexity index is 1390. The molecule has 1 heterocycles. The van der Waals surface area contributed by atoms with Crippen LogP contribution >= 0.6 is 11.8 Å². The van der Waals surface area contributed by atoms with E-state index in [1.165, 1.54) is 12.1 Å². The lowest BCUT2D eigenvalue weighted by molar-refractivity contribution is 0.259. The minimum atomic E-state index is -3.68. The molecule has 5 rings (SSSR count). The second kappa shape index (κ2) is 9.34. The highest BCUT2D eigenvalue weighted by molar-refractivity contribution is 7.99. The molecule has 0 fully saturated rings. The fourth-order valence-electron chi connectivity index (χ4n) is 3.68. The highest BCUT2D eigenvalue weighted by atomic mass is 32.2. The number of amides is 2. The highest BCUT2D eigenvalue weighted by Gasteiger charge is 2.28. The standard InChI is InChI=1S/C26H21N3O3S2/c30-26(29-22-10-4-6-12-24(22)33-25-13-7-5-11-23(25)29)28-20-14-16-21(17-15-20)34(31,32)27-18-19-8-2-1-3-9-19/h1-17,27H,18H2,(H,28,30). The van der Waals surface area contributed by atoms with Crippen molar-refractivity contribution in [2.24, 2.45) is 0 Å². The average molecular weight is 488 g/mol. The van der Waals surface area contributed by atoms with Crippen LogP contribution in [0.1, 0.15) is 5.56 Å². The van der Waals surface area contributed by atoms with Gasteiger partial charge in [0.15, 0.2) is 0 Å². The number of nitrogens with one attached hydrogen (secondary N) is 2. The minimum Gasteiger partial charge on any atom is -0.307 e. The topological polar surface area (TPSA) is 78.5 Å². The number of anilines is 3. The first-order valence-electron chi connectivity index (χ1n) is 10.6. The second-order valence-corrected chi connectivity index (χ2v) is 10.5. The molecule has 0 atom stereocenters. The molecule has 6 nitrogen and oxygen atoms in total.